The van der Waals surface area contributed by atoms with Crippen LogP contribution in [-0.2, 0) is 0 Å². The van der Waals surface area contributed by atoms with Crippen molar-refractivity contribution in [3.8, 4) is 11.4 Å². The zero-order valence-electron chi connectivity index (χ0n) is 14.3. The maximum atomic E-state index is 11.6. The third-order valence-electron chi connectivity index (χ3n) is 4.88. The molecule has 2 amide bonds. The van der Waals surface area contributed by atoms with Gasteiger partial charge >= 0.3 is 6.09 Å². The molecular weight excluding hydrogens is 368 g/mol. The molecule has 2 aromatic carbocycles. The van der Waals surface area contributed by atoms with Crippen molar-refractivity contribution in [1.29, 1.82) is 0 Å². The molecule has 1 unspecified atom stereocenters. The lowest BCUT2D eigenvalue weighted by molar-refractivity contribution is 0.100. The monoisotopic (exact) mass is 384 g/mol. The van der Waals surface area contributed by atoms with Crippen molar-refractivity contribution in [2.45, 2.75) is 18.9 Å². The minimum absolute atomic E-state index is 0.118. The molecule has 1 fully saturated rings. The molecule has 0 aliphatic carbocycles. The number of rotatable bonds is 3. The van der Waals surface area contributed by atoms with E-state index in [-0.39, 0.29) is 11.6 Å². The summed E-state index contributed by atoms with van der Waals surface area (Å²) in [5, 5.41) is 9.71. The van der Waals surface area contributed by atoms with E-state index in [2.05, 4.69) is 9.97 Å². The summed E-state index contributed by atoms with van der Waals surface area (Å²) in [4.78, 5) is 32.1. The smallest absolute Gasteiger partial charge is 0.407 e. The molecule has 1 atom stereocenters. The van der Waals surface area contributed by atoms with Crippen molar-refractivity contribution in [2.75, 3.05) is 6.54 Å². The Morgan fingerprint density at radius 3 is 2.67 bits per heavy atom. The second-order valence-electron chi connectivity index (χ2n) is 6.56. The third-order valence-corrected chi connectivity index (χ3v) is 5.10. The van der Waals surface area contributed by atoms with Gasteiger partial charge in [-0.15, -0.1) is 0 Å². The van der Waals surface area contributed by atoms with Gasteiger partial charge in [0.25, 0.3) is 5.91 Å². The number of fused-ring (bicyclic) bond motifs is 1. The van der Waals surface area contributed by atoms with Crippen LogP contribution in [0, 0.1) is 0 Å². The fourth-order valence-electron chi connectivity index (χ4n) is 3.61. The van der Waals surface area contributed by atoms with Gasteiger partial charge in [0.15, 0.2) is 0 Å². The Bertz CT molecular complexity index is 1050. The lowest BCUT2D eigenvalue weighted by Crippen LogP contribution is -2.28. The van der Waals surface area contributed by atoms with Crippen LogP contribution in [-0.4, -0.2) is 38.5 Å². The molecule has 0 saturated carbocycles. The number of nitrogens with one attached hydrogen (secondary N) is 1. The van der Waals surface area contributed by atoms with E-state index in [0.717, 1.165) is 24.0 Å². The molecule has 8 heteroatoms. The van der Waals surface area contributed by atoms with Gasteiger partial charge in [-0.25, -0.2) is 9.78 Å². The van der Waals surface area contributed by atoms with E-state index < -0.39 is 12.0 Å². The fraction of sp³-hybridized carbons (Fsp3) is 0.211. The Labute approximate surface area is 159 Å². The van der Waals surface area contributed by atoms with Crippen LogP contribution in [0.3, 0.4) is 0 Å². The molecule has 138 valence electrons. The molecule has 1 aromatic heterocycles. The van der Waals surface area contributed by atoms with Crippen LogP contribution < -0.4 is 5.73 Å². The molecular formula is C19H17ClN4O3. The van der Waals surface area contributed by atoms with Crippen LogP contribution in [0.5, 0.6) is 0 Å². The number of hydrogen-bond acceptors (Lipinski definition) is 3. The first kappa shape index (κ1) is 17.4. The van der Waals surface area contributed by atoms with Gasteiger partial charge in [-0.05, 0) is 30.5 Å². The molecule has 4 N–H and O–H groups in total. The number of halogens is 1. The van der Waals surface area contributed by atoms with Crippen LogP contribution in [0.4, 0.5) is 4.79 Å². The summed E-state index contributed by atoms with van der Waals surface area (Å²) in [5.41, 5.74) is 8.56. The topological polar surface area (TPSA) is 112 Å². The number of aromatic amines is 1. The molecule has 0 radical (unpaired) electrons. The molecule has 2 heterocycles. The van der Waals surface area contributed by atoms with E-state index in [4.69, 9.17) is 17.3 Å². The van der Waals surface area contributed by atoms with Crippen LogP contribution in [0.2, 0.25) is 5.02 Å². The minimum atomic E-state index is -0.894. The van der Waals surface area contributed by atoms with Gasteiger partial charge in [0.2, 0.25) is 0 Å². The number of H-pyrrole nitrogens is 1. The third kappa shape index (κ3) is 3.10. The molecule has 3 aromatic rings. The maximum Gasteiger partial charge on any atom is 0.407 e. The molecule has 4 rings (SSSR count). The van der Waals surface area contributed by atoms with Crippen LogP contribution >= 0.6 is 11.6 Å². The van der Waals surface area contributed by atoms with Gasteiger partial charge in [-0.2, -0.15) is 0 Å². The first-order chi connectivity index (χ1) is 12.9. The highest BCUT2D eigenvalue weighted by Crippen LogP contribution is 2.33. The van der Waals surface area contributed by atoms with Gasteiger partial charge < -0.3 is 20.7 Å². The zero-order chi connectivity index (χ0) is 19.1. The highest BCUT2D eigenvalue weighted by atomic mass is 35.5. The van der Waals surface area contributed by atoms with Gasteiger partial charge in [-0.1, -0.05) is 35.9 Å². The number of likely N-dealkylation sites (tertiary alicyclic amines) is 1. The molecule has 1 aliphatic heterocycles. The second kappa shape index (κ2) is 6.59. The molecule has 0 bridgehead atoms. The number of primary amides is 1. The summed E-state index contributed by atoms with van der Waals surface area (Å²) in [7, 11) is 0. The number of aromatic nitrogens is 2. The SMILES string of the molecule is NC(=O)c1cc(Cl)cc2[nH]c(-c3ccc(C4CCCN4C(=O)O)cc3)nc12. The van der Waals surface area contributed by atoms with E-state index in [1.807, 2.05) is 24.3 Å². The van der Waals surface area contributed by atoms with Crippen LogP contribution in [0.1, 0.15) is 34.8 Å². The van der Waals surface area contributed by atoms with Crippen molar-refractivity contribution in [3.05, 3.63) is 52.5 Å². The Hall–Kier alpha value is -3.06. The first-order valence-electron chi connectivity index (χ1n) is 8.53. The standard InChI is InChI=1S/C19H17ClN4O3/c20-12-8-13(17(21)25)16-14(9-12)22-18(23-16)11-5-3-10(4-6-11)15-2-1-7-24(15)19(26)27/h3-6,8-9,15H,1-2,7H2,(H2,21,25)(H,22,23)(H,26,27). The van der Waals surface area contributed by atoms with E-state index in [0.29, 0.717) is 28.4 Å². The largest absolute Gasteiger partial charge is 0.465 e. The van der Waals surface area contributed by atoms with Gasteiger partial charge in [0, 0.05) is 17.1 Å². The summed E-state index contributed by atoms with van der Waals surface area (Å²) in [6, 6.07) is 10.7. The Kier molecular flexibility index (Phi) is 4.24. The number of hydrogen-bond donors (Lipinski definition) is 3. The minimum Gasteiger partial charge on any atom is -0.465 e. The van der Waals surface area contributed by atoms with Crippen molar-refractivity contribution >= 4 is 34.6 Å². The summed E-state index contributed by atoms with van der Waals surface area (Å²) in [6.07, 6.45) is 0.783. The molecule has 0 spiro atoms. The van der Waals surface area contributed by atoms with Crippen molar-refractivity contribution < 1.29 is 14.7 Å². The Balaban J connectivity index is 1.69. The molecule has 1 aliphatic rings. The average Bonchev–Trinajstić information content (AvgIpc) is 3.28. The Morgan fingerprint density at radius 2 is 2.00 bits per heavy atom. The van der Waals surface area contributed by atoms with Gasteiger partial charge in [0.1, 0.15) is 11.3 Å². The van der Waals surface area contributed by atoms with E-state index in [9.17, 15) is 14.7 Å². The molecule has 27 heavy (non-hydrogen) atoms. The zero-order valence-corrected chi connectivity index (χ0v) is 15.0. The fourth-order valence-corrected chi connectivity index (χ4v) is 3.83. The predicted octanol–water partition coefficient (Wildman–Crippen LogP) is 3.80. The number of nitrogens with zero attached hydrogens (tertiary/aromatic N) is 2. The van der Waals surface area contributed by atoms with Crippen molar-refractivity contribution in [2.24, 2.45) is 5.73 Å². The highest BCUT2D eigenvalue weighted by molar-refractivity contribution is 6.32. The number of benzene rings is 2. The average molecular weight is 385 g/mol. The van der Waals surface area contributed by atoms with Crippen LogP contribution in [0.25, 0.3) is 22.4 Å². The van der Waals surface area contributed by atoms with Crippen LogP contribution in [0.15, 0.2) is 36.4 Å². The maximum absolute atomic E-state index is 11.6. The second-order valence-corrected chi connectivity index (χ2v) is 6.99. The summed E-state index contributed by atoms with van der Waals surface area (Å²) >= 11 is 6.05. The van der Waals surface area contributed by atoms with E-state index in [1.165, 1.54) is 11.0 Å². The lowest BCUT2D eigenvalue weighted by Gasteiger charge is -2.21. The number of carbonyl (C=O) groups excluding carboxylic acids is 1. The quantitative estimate of drug-likeness (QED) is 0.637. The number of carboxylic acid groups (broad SMARTS) is 1. The van der Waals surface area contributed by atoms with Gasteiger partial charge in [-0.3, -0.25) is 4.79 Å². The Morgan fingerprint density at radius 1 is 1.26 bits per heavy atom. The number of carbonyl (C=O) groups is 2. The van der Waals surface area contributed by atoms with E-state index >= 15 is 0 Å². The lowest BCUT2D eigenvalue weighted by atomic mass is 10.0. The highest BCUT2D eigenvalue weighted by Gasteiger charge is 2.29. The van der Waals surface area contributed by atoms with E-state index in [1.54, 1.807) is 6.07 Å². The predicted molar refractivity (Wildman–Crippen MR) is 102 cm³/mol. The summed E-state index contributed by atoms with van der Waals surface area (Å²) in [5.74, 6) is -0.00581. The normalized spacial score (nSPS) is 16.8. The molecule has 1 saturated heterocycles. The summed E-state index contributed by atoms with van der Waals surface area (Å²) in [6.45, 7) is 0.558. The number of imidazole rings is 1. The number of nitrogens with two attached hydrogens (primary N) is 1. The first-order valence-corrected chi connectivity index (χ1v) is 8.91. The van der Waals surface area contributed by atoms with Crippen molar-refractivity contribution in [1.82, 2.24) is 14.9 Å². The van der Waals surface area contributed by atoms with Crippen molar-refractivity contribution in [3.63, 3.8) is 0 Å². The van der Waals surface area contributed by atoms with Gasteiger partial charge in [0.05, 0.1) is 17.1 Å². The summed E-state index contributed by atoms with van der Waals surface area (Å²) < 4.78 is 0. The molecule has 7 nitrogen and oxygen atoms in total. The number of amides is 2.